The molecule has 0 aromatic heterocycles. The Morgan fingerprint density at radius 1 is 1.00 bits per heavy atom. The normalized spacial score (nSPS) is 11.9. The third-order valence-electron chi connectivity index (χ3n) is 4.92. The molecule has 8 nitrogen and oxygen atoms in total. The molecule has 0 fully saturated rings. The molecule has 0 aliphatic carbocycles. The molecule has 8 heteroatoms. The quantitative estimate of drug-likeness (QED) is 0.599. The van der Waals surface area contributed by atoms with Crippen molar-refractivity contribution >= 4 is 23.6 Å². The number of anilines is 1. The molecular weight excluding hydrogens is 434 g/mol. The topological polar surface area (TPSA) is 97.0 Å². The first-order valence-electron chi connectivity index (χ1n) is 11.2. The highest BCUT2D eigenvalue weighted by atomic mass is 16.6. The molecule has 0 aliphatic heterocycles. The summed E-state index contributed by atoms with van der Waals surface area (Å²) in [7, 11) is 1.57. The zero-order valence-corrected chi connectivity index (χ0v) is 21.0. The first kappa shape index (κ1) is 26.7. The second-order valence-electron chi connectivity index (χ2n) is 9.08. The number of ether oxygens (including phenoxy) is 2. The van der Waals surface area contributed by atoms with Crippen LogP contribution in [0.3, 0.4) is 0 Å². The lowest BCUT2D eigenvalue weighted by Crippen LogP contribution is -2.46. The highest BCUT2D eigenvalue weighted by Gasteiger charge is 2.31. The Bertz CT molecular complexity index is 992. The van der Waals surface area contributed by atoms with Crippen molar-refractivity contribution in [3.8, 4) is 5.75 Å². The predicted molar refractivity (Wildman–Crippen MR) is 132 cm³/mol. The second-order valence-corrected chi connectivity index (χ2v) is 9.08. The van der Waals surface area contributed by atoms with Crippen molar-refractivity contribution in [2.45, 2.75) is 53.2 Å². The first-order chi connectivity index (χ1) is 15.9. The molecule has 2 aromatic carbocycles. The van der Waals surface area contributed by atoms with Gasteiger partial charge < -0.3 is 25.0 Å². The summed E-state index contributed by atoms with van der Waals surface area (Å²) in [4.78, 5) is 40.1. The SMILES string of the molecule is CCN(C(=O)CNC(=O)OC(C)(C)C)C(C(=O)Nc1ccc(OC)cc1)c1cc(C)cc(C)c1. The number of alkyl carbamates (subject to hydrolysis) is 1. The summed E-state index contributed by atoms with van der Waals surface area (Å²) < 4.78 is 10.4. The Kier molecular flexibility index (Phi) is 9.06. The van der Waals surface area contributed by atoms with Crippen molar-refractivity contribution in [3.63, 3.8) is 0 Å². The molecule has 2 aromatic rings. The molecule has 2 rings (SSSR count). The Hall–Kier alpha value is -3.55. The van der Waals surface area contributed by atoms with Crippen molar-refractivity contribution in [2.75, 3.05) is 25.5 Å². The van der Waals surface area contributed by atoms with Crippen LogP contribution in [0.5, 0.6) is 5.75 Å². The average molecular weight is 470 g/mol. The number of carbonyl (C=O) groups excluding carboxylic acids is 3. The van der Waals surface area contributed by atoms with Gasteiger partial charge in [-0.3, -0.25) is 9.59 Å². The Labute approximate surface area is 201 Å². The van der Waals surface area contributed by atoms with Gasteiger partial charge in [0.05, 0.1) is 7.11 Å². The minimum absolute atomic E-state index is 0.266. The molecule has 0 radical (unpaired) electrons. The van der Waals surface area contributed by atoms with Gasteiger partial charge in [-0.2, -0.15) is 0 Å². The summed E-state index contributed by atoms with van der Waals surface area (Å²) in [5.41, 5.74) is 2.55. The summed E-state index contributed by atoms with van der Waals surface area (Å²) in [6, 6.07) is 11.9. The third-order valence-corrected chi connectivity index (χ3v) is 4.92. The van der Waals surface area contributed by atoms with Crippen molar-refractivity contribution in [2.24, 2.45) is 0 Å². The summed E-state index contributed by atoms with van der Waals surface area (Å²) >= 11 is 0. The summed E-state index contributed by atoms with van der Waals surface area (Å²) in [5.74, 6) is -0.0903. The molecule has 0 saturated carbocycles. The number of hydrogen-bond donors (Lipinski definition) is 2. The smallest absolute Gasteiger partial charge is 0.408 e. The van der Waals surface area contributed by atoms with E-state index < -0.39 is 23.6 Å². The molecule has 0 bridgehead atoms. The Morgan fingerprint density at radius 2 is 1.59 bits per heavy atom. The maximum Gasteiger partial charge on any atom is 0.408 e. The van der Waals surface area contributed by atoms with E-state index in [0.29, 0.717) is 17.0 Å². The summed E-state index contributed by atoms with van der Waals surface area (Å²) in [5, 5.41) is 5.38. The van der Waals surface area contributed by atoms with Gasteiger partial charge in [0.2, 0.25) is 5.91 Å². The van der Waals surface area contributed by atoms with Crippen LogP contribution in [0.2, 0.25) is 0 Å². The van der Waals surface area contributed by atoms with Crippen LogP contribution in [0.4, 0.5) is 10.5 Å². The highest BCUT2D eigenvalue weighted by Crippen LogP contribution is 2.26. The van der Waals surface area contributed by atoms with Gasteiger partial charge in [0, 0.05) is 12.2 Å². The van der Waals surface area contributed by atoms with E-state index >= 15 is 0 Å². The van der Waals surface area contributed by atoms with Crippen molar-refractivity contribution in [1.29, 1.82) is 0 Å². The lowest BCUT2D eigenvalue weighted by molar-refractivity contribution is -0.138. The van der Waals surface area contributed by atoms with Crippen molar-refractivity contribution in [1.82, 2.24) is 10.2 Å². The molecule has 2 N–H and O–H groups in total. The van der Waals surface area contributed by atoms with E-state index in [4.69, 9.17) is 9.47 Å². The molecule has 0 saturated heterocycles. The van der Waals surface area contributed by atoms with E-state index in [1.165, 1.54) is 4.90 Å². The third kappa shape index (κ3) is 7.79. The van der Waals surface area contributed by atoms with Crippen LogP contribution in [0.25, 0.3) is 0 Å². The number of benzene rings is 2. The second kappa shape index (κ2) is 11.5. The zero-order chi connectivity index (χ0) is 25.5. The zero-order valence-electron chi connectivity index (χ0n) is 21.0. The fraction of sp³-hybridized carbons (Fsp3) is 0.423. The molecule has 1 atom stereocenters. The first-order valence-corrected chi connectivity index (χ1v) is 11.2. The number of methoxy groups -OCH3 is 1. The monoisotopic (exact) mass is 469 g/mol. The number of rotatable bonds is 8. The van der Waals surface area contributed by atoms with E-state index in [2.05, 4.69) is 10.6 Å². The van der Waals surface area contributed by atoms with E-state index in [1.54, 1.807) is 59.1 Å². The number of amides is 3. The number of nitrogens with one attached hydrogen (secondary N) is 2. The molecule has 184 valence electrons. The molecule has 0 spiro atoms. The molecule has 1 unspecified atom stereocenters. The Morgan fingerprint density at radius 3 is 2.09 bits per heavy atom. The maximum atomic E-state index is 13.5. The minimum atomic E-state index is -0.890. The van der Waals surface area contributed by atoms with E-state index in [1.807, 2.05) is 32.0 Å². The molecule has 0 aliphatic rings. The van der Waals surface area contributed by atoms with Gasteiger partial charge in [0.25, 0.3) is 5.91 Å². The fourth-order valence-electron chi connectivity index (χ4n) is 3.59. The molecular formula is C26H35N3O5. The summed E-state index contributed by atoms with van der Waals surface area (Å²) in [6.07, 6.45) is -0.692. The van der Waals surface area contributed by atoms with Gasteiger partial charge in [-0.05, 0) is 71.4 Å². The number of nitrogens with zero attached hydrogens (tertiary/aromatic N) is 1. The van der Waals surface area contributed by atoms with Gasteiger partial charge in [-0.1, -0.05) is 29.3 Å². The fourth-order valence-corrected chi connectivity index (χ4v) is 3.59. The van der Waals surface area contributed by atoms with Crippen LogP contribution in [0.1, 0.15) is 50.4 Å². The van der Waals surface area contributed by atoms with Gasteiger partial charge in [-0.15, -0.1) is 0 Å². The van der Waals surface area contributed by atoms with Gasteiger partial charge in [-0.25, -0.2) is 4.79 Å². The van der Waals surface area contributed by atoms with Gasteiger partial charge in [0.1, 0.15) is 23.9 Å². The molecule has 3 amide bonds. The van der Waals surface area contributed by atoms with Gasteiger partial charge >= 0.3 is 6.09 Å². The van der Waals surface area contributed by atoms with Crippen molar-refractivity contribution < 1.29 is 23.9 Å². The van der Waals surface area contributed by atoms with E-state index in [-0.39, 0.29) is 19.0 Å². The highest BCUT2D eigenvalue weighted by molar-refractivity contribution is 5.98. The number of aryl methyl sites for hydroxylation is 2. The molecule has 0 heterocycles. The number of hydrogen-bond acceptors (Lipinski definition) is 5. The average Bonchev–Trinajstić information content (AvgIpc) is 2.74. The lowest BCUT2D eigenvalue weighted by atomic mass is 9.99. The largest absolute Gasteiger partial charge is 0.497 e. The predicted octanol–water partition coefficient (Wildman–Crippen LogP) is 4.37. The molecule has 34 heavy (non-hydrogen) atoms. The van der Waals surface area contributed by atoms with E-state index in [9.17, 15) is 14.4 Å². The minimum Gasteiger partial charge on any atom is -0.497 e. The van der Waals surface area contributed by atoms with Crippen LogP contribution >= 0.6 is 0 Å². The van der Waals surface area contributed by atoms with Gasteiger partial charge in [0.15, 0.2) is 0 Å². The van der Waals surface area contributed by atoms with Crippen LogP contribution in [0.15, 0.2) is 42.5 Å². The standard InChI is InChI=1S/C26H35N3O5/c1-8-29(22(30)16-27-25(32)34-26(4,5)6)23(19-14-17(2)13-18(3)15-19)24(31)28-20-9-11-21(33-7)12-10-20/h9-15,23H,8,16H2,1-7H3,(H,27,32)(H,28,31). The lowest BCUT2D eigenvalue weighted by Gasteiger charge is -2.31. The van der Waals surface area contributed by atoms with Crippen molar-refractivity contribution in [3.05, 3.63) is 59.2 Å². The maximum absolute atomic E-state index is 13.5. The Balaban J connectivity index is 2.31. The number of carbonyl (C=O) groups is 3. The number of likely N-dealkylation sites (N-methyl/N-ethyl adjacent to an activating group) is 1. The van der Waals surface area contributed by atoms with Crippen LogP contribution in [-0.2, 0) is 14.3 Å². The van der Waals surface area contributed by atoms with Crippen LogP contribution in [-0.4, -0.2) is 48.6 Å². The van der Waals surface area contributed by atoms with E-state index in [0.717, 1.165) is 11.1 Å². The van der Waals surface area contributed by atoms with Crippen LogP contribution in [0, 0.1) is 13.8 Å². The van der Waals surface area contributed by atoms with Crippen LogP contribution < -0.4 is 15.4 Å². The summed E-state index contributed by atoms with van der Waals surface area (Å²) in [6.45, 7) is 10.9.